The average Bonchev–Trinajstić information content (AvgIpc) is 2.43. The van der Waals surface area contributed by atoms with E-state index in [4.69, 9.17) is 0 Å². The minimum atomic E-state index is -0.126. The van der Waals surface area contributed by atoms with Gasteiger partial charge in [0, 0.05) is 18.7 Å². The smallest absolute Gasteiger partial charge is 0.254 e. The van der Waals surface area contributed by atoms with Crippen LogP contribution in [-0.4, -0.2) is 36.3 Å². The number of rotatable bonds is 5. The van der Waals surface area contributed by atoms with Crippen molar-refractivity contribution in [2.75, 3.05) is 19.6 Å². The van der Waals surface area contributed by atoms with Crippen molar-refractivity contribution in [2.24, 2.45) is 0 Å². The monoisotopic (exact) mass is 290 g/mol. The maximum atomic E-state index is 12.4. The normalized spacial score (nSPS) is 11.1. The number of amides is 2. The zero-order valence-electron chi connectivity index (χ0n) is 13.7. The zero-order chi connectivity index (χ0) is 16.0. The van der Waals surface area contributed by atoms with Gasteiger partial charge in [-0.1, -0.05) is 32.9 Å². The van der Waals surface area contributed by atoms with Crippen molar-refractivity contribution in [2.45, 2.75) is 40.0 Å². The molecule has 1 N–H and O–H groups in total. The Balaban J connectivity index is 2.83. The molecular formula is C17H26N2O2. The number of carbonyl (C=O) groups excluding carboxylic acids is 2. The summed E-state index contributed by atoms with van der Waals surface area (Å²) >= 11 is 0. The van der Waals surface area contributed by atoms with E-state index in [9.17, 15) is 9.59 Å². The highest BCUT2D eigenvalue weighted by Gasteiger charge is 2.18. The molecule has 4 nitrogen and oxygen atoms in total. The topological polar surface area (TPSA) is 49.4 Å². The van der Waals surface area contributed by atoms with Gasteiger partial charge in [0.15, 0.2) is 0 Å². The third-order valence-electron chi connectivity index (χ3n) is 3.38. The molecule has 2 amide bonds. The first kappa shape index (κ1) is 17.2. The molecular weight excluding hydrogens is 264 g/mol. The number of carbonyl (C=O) groups is 2. The summed E-state index contributed by atoms with van der Waals surface area (Å²) in [6.45, 7) is 11.3. The van der Waals surface area contributed by atoms with Gasteiger partial charge in [0.05, 0.1) is 6.54 Å². The lowest BCUT2D eigenvalue weighted by Gasteiger charge is -2.22. The second-order valence-corrected chi connectivity index (χ2v) is 6.10. The Morgan fingerprint density at radius 3 is 2.10 bits per heavy atom. The first-order chi connectivity index (χ1) is 9.79. The molecule has 0 unspecified atom stereocenters. The summed E-state index contributed by atoms with van der Waals surface area (Å²) in [5.74, 6) is -0.233. The van der Waals surface area contributed by atoms with E-state index < -0.39 is 0 Å². The highest BCUT2D eigenvalue weighted by atomic mass is 16.2. The van der Waals surface area contributed by atoms with Crippen molar-refractivity contribution < 1.29 is 9.59 Å². The largest absolute Gasteiger partial charge is 0.355 e. The molecule has 0 bridgehead atoms. The molecule has 1 rings (SSSR count). The summed E-state index contributed by atoms with van der Waals surface area (Å²) in [7, 11) is 0. The quantitative estimate of drug-likeness (QED) is 0.906. The predicted molar refractivity (Wildman–Crippen MR) is 85.4 cm³/mol. The molecule has 0 heterocycles. The van der Waals surface area contributed by atoms with Gasteiger partial charge < -0.3 is 10.2 Å². The second kappa shape index (κ2) is 7.25. The molecule has 0 atom stereocenters. The molecule has 21 heavy (non-hydrogen) atoms. The summed E-state index contributed by atoms with van der Waals surface area (Å²) in [4.78, 5) is 25.6. The third-order valence-corrected chi connectivity index (χ3v) is 3.38. The molecule has 0 aliphatic rings. The fraction of sp³-hybridized carbons (Fsp3) is 0.529. The number of hydrogen-bond donors (Lipinski definition) is 1. The van der Waals surface area contributed by atoms with E-state index in [1.807, 2.05) is 38.1 Å². The van der Waals surface area contributed by atoms with E-state index in [-0.39, 0.29) is 23.8 Å². The summed E-state index contributed by atoms with van der Waals surface area (Å²) < 4.78 is 0. The number of benzene rings is 1. The van der Waals surface area contributed by atoms with Gasteiger partial charge in [-0.25, -0.2) is 0 Å². The van der Waals surface area contributed by atoms with E-state index in [1.165, 1.54) is 5.56 Å². The first-order valence-electron chi connectivity index (χ1n) is 7.46. The number of hydrogen-bond acceptors (Lipinski definition) is 2. The van der Waals surface area contributed by atoms with E-state index in [2.05, 4.69) is 26.1 Å². The number of likely N-dealkylation sites (N-methyl/N-ethyl adjacent to an activating group) is 2. The molecule has 0 radical (unpaired) electrons. The number of nitrogens with zero attached hydrogens (tertiary/aromatic N) is 1. The first-order valence-corrected chi connectivity index (χ1v) is 7.46. The maximum absolute atomic E-state index is 12.4. The van der Waals surface area contributed by atoms with Crippen LogP contribution in [0.3, 0.4) is 0 Å². The summed E-state index contributed by atoms with van der Waals surface area (Å²) in [5, 5.41) is 2.71. The molecule has 0 fully saturated rings. The Hall–Kier alpha value is -1.84. The lowest BCUT2D eigenvalue weighted by molar-refractivity contribution is -0.121. The van der Waals surface area contributed by atoms with Gasteiger partial charge in [-0.3, -0.25) is 9.59 Å². The van der Waals surface area contributed by atoms with Crippen molar-refractivity contribution in [1.29, 1.82) is 0 Å². The van der Waals surface area contributed by atoms with Crippen LogP contribution in [0, 0.1) is 0 Å². The van der Waals surface area contributed by atoms with E-state index in [0.717, 1.165) is 0 Å². The van der Waals surface area contributed by atoms with E-state index in [1.54, 1.807) is 4.90 Å². The van der Waals surface area contributed by atoms with E-state index in [0.29, 0.717) is 18.7 Å². The highest BCUT2D eigenvalue weighted by Crippen LogP contribution is 2.22. The van der Waals surface area contributed by atoms with Crippen molar-refractivity contribution >= 4 is 11.8 Å². The Morgan fingerprint density at radius 2 is 1.67 bits per heavy atom. The molecule has 0 aromatic heterocycles. The standard InChI is InChI=1S/C17H26N2O2/c1-6-18-15(20)12-19(7-2)16(21)13-8-10-14(11-9-13)17(3,4)5/h8-11H,6-7,12H2,1-5H3,(H,18,20). The molecule has 1 aromatic rings. The van der Waals surface area contributed by atoms with Crippen LogP contribution in [0.15, 0.2) is 24.3 Å². The van der Waals surface area contributed by atoms with Crippen LogP contribution in [0.5, 0.6) is 0 Å². The fourth-order valence-electron chi connectivity index (χ4n) is 2.05. The van der Waals surface area contributed by atoms with Crippen LogP contribution in [-0.2, 0) is 10.2 Å². The van der Waals surface area contributed by atoms with Gasteiger partial charge in [0.25, 0.3) is 5.91 Å². The SMILES string of the molecule is CCNC(=O)CN(CC)C(=O)c1ccc(C(C)(C)C)cc1. The third kappa shape index (κ3) is 4.88. The summed E-state index contributed by atoms with van der Waals surface area (Å²) in [5.41, 5.74) is 1.87. The summed E-state index contributed by atoms with van der Waals surface area (Å²) in [6.07, 6.45) is 0. The Morgan fingerprint density at radius 1 is 1.10 bits per heavy atom. The van der Waals surface area contributed by atoms with Crippen LogP contribution in [0.4, 0.5) is 0 Å². The molecule has 0 aliphatic heterocycles. The van der Waals surface area contributed by atoms with Crippen molar-refractivity contribution in [1.82, 2.24) is 10.2 Å². The van der Waals surface area contributed by atoms with Crippen LogP contribution < -0.4 is 5.32 Å². The van der Waals surface area contributed by atoms with Crippen LogP contribution in [0.2, 0.25) is 0 Å². The minimum absolute atomic E-state index is 0.0625. The van der Waals surface area contributed by atoms with Crippen molar-refractivity contribution in [3.63, 3.8) is 0 Å². The molecule has 4 heteroatoms. The minimum Gasteiger partial charge on any atom is -0.355 e. The molecule has 0 spiro atoms. The van der Waals surface area contributed by atoms with Gasteiger partial charge in [0.1, 0.15) is 0 Å². The van der Waals surface area contributed by atoms with Gasteiger partial charge in [-0.05, 0) is 37.0 Å². The van der Waals surface area contributed by atoms with E-state index >= 15 is 0 Å². The second-order valence-electron chi connectivity index (χ2n) is 6.10. The molecule has 0 saturated heterocycles. The van der Waals surface area contributed by atoms with Gasteiger partial charge in [-0.15, -0.1) is 0 Å². The molecule has 0 aliphatic carbocycles. The van der Waals surface area contributed by atoms with Crippen molar-refractivity contribution in [3.05, 3.63) is 35.4 Å². The Bertz CT molecular complexity index is 487. The zero-order valence-corrected chi connectivity index (χ0v) is 13.7. The van der Waals surface area contributed by atoms with Gasteiger partial charge in [0.2, 0.25) is 5.91 Å². The number of nitrogens with one attached hydrogen (secondary N) is 1. The van der Waals surface area contributed by atoms with Crippen LogP contribution in [0.1, 0.15) is 50.5 Å². The molecule has 1 aromatic carbocycles. The fourth-order valence-corrected chi connectivity index (χ4v) is 2.05. The highest BCUT2D eigenvalue weighted by molar-refractivity contribution is 5.96. The maximum Gasteiger partial charge on any atom is 0.254 e. The molecule has 116 valence electrons. The predicted octanol–water partition coefficient (Wildman–Crippen LogP) is 2.58. The van der Waals surface area contributed by atoms with Gasteiger partial charge in [-0.2, -0.15) is 0 Å². The van der Waals surface area contributed by atoms with Crippen molar-refractivity contribution in [3.8, 4) is 0 Å². The average molecular weight is 290 g/mol. The lowest BCUT2D eigenvalue weighted by atomic mass is 9.86. The Kier molecular flexibility index (Phi) is 5.94. The van der Waals surface area contributed by atoms with Crippen LogP contribution in [0.25, 0.3) is 0 Å². The van der Waals surface area contributed by atoms with Crippen LogP contribution >= 0.6 is 0 Å². The Labute approximate surface area is 127 Å². The summed E-state index contributed by atoms with van der Waals surface area (Å²) in [6, 6.07) is 7.63. The lowest BCUT2D eigenvalue weighted by Crippen LogP contribution is -2.40. The molecule has 0 saturated carbocycles. The van der Waals surface area contributed by atoms with Gasteiger partial charge >= 0.3 is 0 Å².